The van der Waals surface area contributed by atoms with Crippen molar-refractivity contribution in [3.63, 3.8) is 0 Å². The Balaban J connectivity index is 2.00. The van der Waals surface area contributed by atoms with Crippen LogP contribution in [-0.2, 0) is 26.2 Å². The summed E-state index contributed by atoms with van der Waals surface area (Å²) in [6, 6.07) is 17.6. The van der Waals surface area contributed by atoms with Crippen LogP contribution in [0, 0.1) is 12.7 Å². The monoisotopic (exact) mass is 569 g/mol. The van der Waals surface area contributed by atoms with Gasteiger partial charge < -0.3 is 15.0 Å². The third-order valence-electron chi connectivity index (χ3n) is 6.52. The molecule has 0 aliphatic rings. The first-order valence-electron chi connectivity index (χ1n) is 13.1. The summed E-state index contributed by atoms with van der Waals surface area (Å²) in [4.78, 5) is 28.1. The van der Waals surface area contributed by atoms with E-state index in [0.717, 1.165) is 28.8 Å². The number of sulfonamides is 1. The molecule has 1 N–H and O–H groups in total. The lowest BCUT2D eigenvalue weighted by Crippen LogP contribution is -2.51. The van der Waals surface area contributed by atoms with Crippen molar-refractivity contribution in [1.82, 2.24) is 10.2 Å². The van der Waals surface area contributed by atoms with Gasteiger partial charge in [0, 0.05) is 13.1 Å². The van der Waals surface area contributed by atoms with Crippen molar-refractivity contribution >= 4 is 27.5 Å². The predicted molar refractivity (Wildman–Crippen MR) is 153 cm³/mol. The minimum atomic E-state index is -4.34. The first-order chi connectivity index (χ1) is 19.1. The number of unbranched alkanes of at least 4 members (excludes halogenated alkanes) is 1. The molecule has 0 bridgehead atoms. The number of hydrogen-bond acceptors (Lipinski definition) is 5. The van der Waals surface area contributed by atoms with Crippen LogP contribution >= 0.6 is 0 Å². The molecule has 0 unspecified atom stereocenters. The minimum absolute atomic E-state index is 0.0287. The van der Waals surface area contributed by atoms with Gasteiger partial charge >= 0.3 is 0 Å². The standard InChI is InChI=1S/C30H36FN3O5S/c1-5-6-19-32-30(36)23(3)33(20-24-13-15-25(39-4)16-14-24)29(35)21-34(28-10-8-7-9-27(28)31)40(37,38)26-17-11-22(2)12-18-26/h7-18,23H,5-6,19-21H2,1-4H3,(H,32,36)/t23-/m1/s1. The van der Waals surface area contributed by atoms with Gasteiger partial charge in [0.15, 0.2) is 0 Å². The van der Waals surface area contributed by atoms with Crippen molar-refractivity contribution in [3.8, 4) is 5.75 Å². The SMILES string of the molecule is CCCCNC(=O)[C@@H](C)N(Cc1ccc(OC)cc1)C(=O)CN(c1ccccc1F)S(=O)(=O)c1ccc(C)cc1. The highest BCUT2D eigenvalue weighted by molar-refractivity contribution is 7.92. The Morgan fingerprint density at radius 3 is 2.25 bits per heavy atom. The van der Waals surface area contributed by atoms with Crippen LogP contribution in [0.2, 0.25) is 0 Å². The third-order valence-corrected chi connectivity index (χ3v) is 8.29. The summed E-state index contributed by atoms with van der Waals surface area (Å²) in [5.74, 6) is -1.19. The van der Waals surface area contributed by atoms with E-state index >= 15 is 0 Å². The van der Waals surface area contributed by atoms with Crippen LogP contribution < -0.4 is 14.4 Å². The van der Waals surface area contributed by atoms with Crippen LogP contribution in [-0.4, -0.2) is 51.4 Å². The van der Waals surface area contributed by atoms with Gasteiger partial charge in [-0.05, 0) is 62.2 Å². The Morgan fingerprint density at radius 2 is 1.65 bits per heavy atom. The normalized spacial score (nSPS) is 11.9. The van der Waals surface area contributed by atoms with Gasteiger partial charge in [-0.2, -0.15) is 0 Å². The molecular weight excluding hydrogens is 533 g/mol. The second-order valence-electron chi connectivity index (χ2n) is 9.47. The quantitative estimate of drug-likeness (QED) is 0.302. The van der Waals surface area contributed by atoms with E-state index in [0.29, 0.717) is 17.9 Å². The number of halogens is 1. The van der Waals surface area contributed by atoms with Crippen LogP contribution in [0.4, 0.5) is 10.1 Å². The van der Waals surface area contributed by atoms with Gasteiger partial charge in [0.1, 0.15) is 24.2 Å². The lowest BCUT2D eigenvalue weighted by atomic mass is 10.1. The summed E-state index contributed by atoms with van der Waals surface area (Å²) in [5.41, 5.74) is 1.29. The maximum Gasteiger partial charge on any atom is 0.264 e. The average molecular weight is 570 g/mol. The van der Waals surface area contributed by atoms with Gasteiger partial charge in [-0.3, -0.25) is 13.9 Å². The van der Waals surface area contributed by atoms with Crippen LogP contribution in [0.25, 0.3) is 0 Å². The fraction of sp³-hybridized carbons (Fsp3) is 0.333. The Kier molecular flexibility index (Phi) is 10.7. The van der Waals surface area contributed by atoms with Crippen molar-refractivity contribution in [2.75, 3.05) is 24.5 Å². The molecule has 3 aromatic rings. The molecule has 0 aromatic heterocycles. The van der Waals surface area contributed by atoms with Gasteiger partial charge in [-0.15, -0.1) is 0 Å². The van der Waals surface area contributed by atoms with Crippen LogP contribution in [0.1, 0.15) is 37.8 Å². The molecule has 0 heterocycles. The highest BCUT2D eigenvalue weighted by Gasteiger charge is 2.33. The number of rotatable bonds is 13. The van der Waals surface area contributed by atoms with Crippen LogP contribution in [0.3, 0.4) is 0 Å². The molecule has 0 aliphatic heterocycles. The Hall–Kier alpha value is -3.92. The maximum absolute atomic E-state index is 15.0. The van der Waals surface area contributed by atoms with Crippen molar-refractivity contribution < 1.29 is 27.1 Å². The number of benzene rings is 3. The van der Waals surface area contributed by atoms with Crippen molar-refractivity contribution in [2.24, 2.45) is 0 Å². The number of aryl methyl sites for hydroxylation is 1. The Morgan fingerprint density at radius 1 is 1.00 bits per heavy atom. The number of nitrogens with zero attached hydrogens (tertiary/aromatic N) is 2. The second-order valence-corrected chi connectivity index (χ2v) is 11.3. The fourth-order valence-electron chi connectivity index (χ4n) is 4.05. The molecule has 0 aliphatic carbocycles. The molecule has 3 rings (SSSR count). The molecule has 1 atom stereocenters. The second kappa shape index (κ2) is 13.9. The molecule has 3 aromatic carbocycles. The largest absolute Gasteiger partial charge is 0.497 e. The number of carbonyl (C=O) groups is 2. The van der Waals surface area contributed by atoms with E-state index < -0.39 is 34.3 Å². The van der Waals surface area contributed by atoms with Gasteiger partial charge in [0.25, 0.3) is 10.0 Å². The number of anilines is 1. The predicted octanol–water partition coefficient (Wildman–Crippen LogP) is 4.67. The Labute approximate surface area is 235 Å². The van der Waals surface area contributed by atoms with E-state index in [9.17, 15) is 22.4 Å². The number of nitrogens with one attached hydrogen (secondary N) is 1. The summed E-state index contributed by atoms with van der Waals surface area (Å²) >= 11 is 0. The molecule has 0 radical (unpaired) electrons. The first kappa shape index (κ1) is 30.6. The molecule has 0 saturated heterocycles. The van der Waals surface area contributed by atoms with Gasteiger partial charge in [0.2, 0.25) is 11.8 Å². The summed E-state index contributed by atoms with van der Waals surface area (Å²) in [6.07, 6.45) is 1.67. The van der Waals surface area contributed by atoms with Crippen LogP contribution in [0.5, 0.6) is 5.75 Å². The Bertz CT molecular complexity index is 1400. The minimum Gasteiger partial charge on any atom is -0.497 e. The van der Waals surface area contributed by atoms with Crippen molar-refractivity contribution in [2.45, 2.75) is 51.1 Å². The summed E-state index contributed by atoms with van der Waals surface area (Å²) in [7, 11) is -2.80. The van der Waals surface area contributed by atoms with Crippen molar-refractivity contribution in [1.29, 1.82) is 0 Å². The number of carbonyl (C=O) groups excluding carboxylic acids is 2. The summed E-state index contributed by atoms with van der Waals surface area (Å²) < 4.78 is 48.5. The van der Waals surface area contributed by atoms with Gasteiger partial charge in [-0.1, -0.05) is 55.3 Å². The number of methoxy groups -OCH3 is 1. The molecule has 0 fully saturated rings. The van der Waals surface area contributed by atoms with E-state index in [1.807, 2.05) is 13.8 Å². The zero-order valence-corrected chi connectivity index (χ0v) is 24.1. The van der Waals surface area contributed by atoms with Gasteiger partial charge in [0.05, 0.1) is 17.7 Å². The van der Waals surface area contributed by atoms with Crippen LogP contribution in [0.15, 0.2) is 77.7 Å². The van der Waals surface area contributed by atoms with E-state index in [1.54, 1.807) is 50.4 Å². The average Bonchev–Trinajstić information content (AvgIpc) is 2.95. The van der Waals surface area contributed by atoms with E-state index in [2.05, 4.69) is 5.32 Å². The molecule has 2 amide bonds. The molecule has 0 spiro atoms. The highest BCUT2D eigenvalue weighted by Crippen LogP contribution is 2.27. The highest BCUT2D eigenvalue weighted by atomic mass is 32.2. The topological polar surface area (TPSA) is 96.0 Å². The summed E-state index contributed by atoms with van der Waals surface area (Å²) in [5, 5.41) is 2.83. The smallest absolute Gasteiger partial charge is 0.264 e. The lowest BCUT2D eigenvalue weighted by molar-refractivity contribution is -0.139. The molecule has 214 valence electrons. The molecule has 0 saturated carbocycles. The number of amides is 2. The zero-order chi connectivity index (χ0) is 29.3. The lowest BCUT2D eigenvalue weighted by Gasteiger charge is -2.32. The van der Waals surface area contributed by atoms with E-state index in [4.69, 9.17) is 4.74 Å². The number of ether oxygens (including phenoxy) is 1. The third kappa shape index (κ3) is 7.59. The fourth-order valence-corrected chi connectivity index (χ4v) is 5.47. The van der Waals surface area contributed by atoms with Crippen molar-refractivity contribution in [3.05, 3.63) is 89.7 Å². The molecule has 10 heteroatoms. The molecule has 8 nitrogen and oxygen atoms in total. The molecule has 40 heavy (non-hydrogen) atoms. The molecular formula is C30H36FN3O5S. The first-order valence-corrected chi connectivity index (χ1v) is 14.6. The number of hydrogen-bond donors (Lipinski definition) is 1. The van der Waals surface area contributed by atoms with E-state index in [-0.39, 0.29) is 23.0 Å². The maximum atomic E-state index is 15.0. The number of para-hydroxylation sites is 1. The summed E-state index contributed by atoms with van der Waals surface area (Å²) in [6.45, 7) is 5.18. The van der Waals surface area contributed by atoms with E-state index in [1.165, 1.54) is 35.2 Å². The zero-order valence-electron chi connectivity index (χ0n) is 23.3. The van der Waals surface area contributed by atoms with Gasteiger partial charge in [-0.25, -0.2) is 12.8 Å².